The first-order valence-electron chi connectivity index (χ1n) is 10.1. The number of amides is 2. The van der Waals surface area contributed by atoms with Crippen molar-refractivity contribution in [2.45, 2.75) is 36.8 Å². The molecule has 0 bridgehead atoms. The minimum absolute atomic E-state index is 0.333. The van der Waals surface area contributed by atoms with Crippen molar-refractivity contribution in [3.63, 3.8) is 0 Å². The van der Waals surface area contributed by atoms with Crippen LogP contribution in [0.15, 0.2) is 48.5 Å². The number of nitrogens with one attached hydrogen (secondary N) is 2. The van der Waals surface area contributed by atoms with E-state index in [1.54, 1.807) is 41.7 Å². The molecule has 2 amide bonds. The topological polar surface area (TPSA) is 105 Å². The van der Waals surface area contributed by atoms with Crippen molar-refractivity contribution in [2.75, 3.05) is 6.61 Å². The molecule has 0 saturated carbocycles. The molecule has 7 nitrogen and oxygen atoms in total. The summed E-state index contributed by atoms with van der Waals surface area (Å²) >= 11 is 0. The molecule has 0 radical (unpaired) electrons. The maximum Gasteiger partial charge on any atom is 0.419 e. The molecule has 188 valence electrons. The summed E-state index contributed by atoms with van der Waals surface area (Å²) in [5.74, 6) is -4.98. The molecule has 0 aromatic heterocycles. The fourth-order valence-corrected chi connectivity index (χ4v) is 3.75. The Bertz CT molecular complexity index is 1070. The van der Waals surface area contributed by atoms with E-state index in [9.17, 15) is 40.7 Å². The maximum absolute atomic E-state index is 12.9. The van der Waals surface area contributed by atoms with E-state index in [0.717, 1.165) is 27.6 Å². The number of fused-ring (bicyclic) bond motifs is 3. The third-order valence-electron chi connectivity index (χ3n) is 5.25. The SMILES string of the molecule is O=C(NC(CC(F)(F)F)C(=O)NC(C(=O)O)C(F)(F)F)OCC1c2ccccc2-c2ccccc21. The quantitative estimate of drug-likeness (QED) is 0.495. The average molecular weight is 504 g/mol. The number of hydrogen-bond donors (Lipinski definition) is 3. The van der Waals surface area contributed by atoms with Gasteiger partial charge < -0.3 is 20.5 Å². The first-order chi connectivity index (χ1) is 16.3. The Kier molecular flexibility index (Phi) is 7.27. The molecule has 0 fully saturated rings. The van der Waals surface area contributed by atoms with Crippen LogP contribution in [0.3, 0.4) is 0 Å². The second-order valence-electron chi connectivity index (χ2n) is 7.66. The van der Waals surface area contributed by atoms with Gasteiger partial charge in [0.15, 0.2) is 0 Å². The number of benzene rings is 2. The second-order valence-corrected chi connectivity index (χ2v) is 7.66. The van der Waals surface area contributed by atoms with Crippen LogP contribution in [-0.2, 0) is 14.3 Å². The van der Waals surface area contributed by atoms with Crippen molar-refractivity contribution in [3.05, 3.63) is 59.7 Å². The van der Waals surface area contributed by atoms with Gasteiger partial charge in [-0.2, -0.15) is 26.3 Å². The summed E-state index contributed by atoms with van der Waals surface area (Å²) in [6, 6.07) is 8.34. The molecule has 3 N–H and O–H groups in total. The number of ether oxygens (including phenoxy) is 1. The zero-order valence-electron chi connectivity index (χ0n) is 17.6. The van der Waals surface area contributed by atoms with Crippen molar-refractivity contribution < 1.29 is 50.6 Å². The molecule has 2 atom stereocenters. The Balaban J connectivity index is 1.72. The van der Waals surface area contributed by atoms with Crippen LogP contribution in [-0.4, -0.2) is 54.1 Å². The summed E-state index contributed by atoms with van der Waals surface area (Å²) in [4.78, 5) is 35.1. The lowest BCUT2D eigenvalue weighted by Gasteiger charge is -2.23. The summed E-state index contributed by atoms with van der Waals surface area (Å²) in [6.45, 7) is -0.333. The van der Waals surface area contributed by atoms with Crippen molar-refractivity contribution in [2.24, 2.45) is 0 Å². The highest BCUT2D eigenvalue weighted by Gasteiger charge is 2.48. The number of carbonyl (C=O) groups is 3. The van der Waals surface area contributed by atoms with Crippen LogP contribution in [0.4, 0.5) is 31.1 Å². The second kappa shape index (κ2) is 9.84. The fraction of sp³-hybridized carbons (Fsp3) is 0.318. The highest BCUT2D eigenvalue weighted by molar-refractivity contribution is 5.89. The summed E-state index contributed by atoms with van der Waals surface area (Å²) < 4.78 is 82.1. The van der Waals surface area contributed by atoms with Gasteiger partial charge >= 0.3 is 24.4 Å². The molecule has 0 saturated heterocycles. The molecule has 0 aliphatic heterocycles. The van der Waals surface area contributed by atoms with Crippen molar-refractivity contribution >= 4 is 18.0 Å². The highest BCUT2D eigenvalue weighted by atomic mass is 19.4. The van der Waals surface area contributed by atoms with Gasteiger partial charge in [0.2, 0.25) is 11.9 Å². The Labute approximate surface area is 194 Å². The van der Waals surface area contributed by atoms with Gasteiger partial charge in [-0.05, 0) is 22.3 Å². The lowest BCUT2D eigenvalue weighted by molar-refractivity contribution is -0.183. The molecule has 0 heterocycles. The number of halogens is 6. The molecule has 2 unspecified atom stereocenters. The number of alkyl carbamates (subject to hydrolysis) is 1. The van der Waals surface area contributed by atoms with Gasteiger partial charge in [0.1, 0.15) is 12.6 Å². The monoisotopic (exact) mass is 504 g/mol. The standard InChI is InChI=1S/C22H18F6N2O5/c23-21(24,25)9-16(18(31)30-17(19(32)33)22(26,27)28)29-20(34)35-10-15-13-7-3-1-5-11(13)12-6-2-4-8-14(12)15/h1-8,15-17H,9-10H2,(H,29,34)(H,30,31)(H,32,33). The van der Waals surface area contributed by atoms with Crippen molar-refractivity contribution in [3.8, 4) is 11.1 Å². The van der Waals surface area contributed by atoms with Gasteiger partial charge in [-0.15, -0.1) is 0 Å². The molecule has 3 rings (SSSR count). The van der Waals surface area contributed by atoms with Crippen molar-refractivity contribution in [1.29, 1.82) is 0 Å². The van der Waals surface area contributed by atoms with Gasteiger partial charge in [-0.3, -0.25) is 4.79 Å². The first-order valence-corrected chi connectivity index (χ1v) is 10.1. The number of alkyl halides is 6. The Morgan fingerprint density at radius 3 is 1.86 bits per heavy atom. The number of carboxylic acids is 1. The predicted octanol–water partition coefficient (Wildman–Crippen LogP) is 3.98. The third-order valence-corrected chi connectivity index (χ3v) is 5.25. The Morgan fingerprint density at radius 1 is 0.886 bits per heavy atom. The summed E-state index contributed by atoms with van der Waals surface area (Å²) in [5.41, 5.74) is 3.33. The molecule has 1 aliphatic carbocycles. The highest BCUT2D eigenvalue weighted by Crippen LogP contribution is 2.44. The number of hydrogen-bond acceptors (Lipinski definition) is 4. The Morgan fingerprint density at radius 2 is 1.40 bits per heavy atom. The number of carbonyl (C=O) groups excluding carboxylic acids is 2. The van der Waals surface area contributed by atoms with E-state index in [1.165, 1.54) is 0 Å². The summed E-state index contributed by atoms with van der Waals surface area (Å²) in [7, 11) is 0. The van der Waals surface area contributed by atoms with Gasteiger partial charge in [0, 0.05) is 5.92 Å². The number of aliphatic carboxylic acids is 1. The van der Waals surface area contributed by atoms with Gasteiger partial charge in [0.25, 0.3) is 0 Å². The minimum atomic E-state index is -5.48. The Hall–Kier alpha value is -3.77. The van der Waals surface area contributed by atoms with Crippen LogP contribution in [0.1, 0.15) is 23.5 Å². The largest absolute Gasteiger partial charge is 0.479 e. The number of carboxylic acid groups (broad SMARTS) is 1. The van der Waals surface area contributed by atoms with E-state index in [4.69, 9.17) is 9.84 Å². The third kappa shape index (κ3) is 6.22. The fourth-order valence-electron chi connectivity index (χ4n) is 3.75. The van der Waals surface area contributed by atoms with Crippen LogP contribution in [0, 0.1) is 0 Å². The zero-order chi connectivity index (χ0) is 26.0. The van der Waals surface area contributed by atoms with Crippen molar-refractivity contribution in [1.82, 2.24) is 10.6 Å². The smallest absolute Gasteiger partial charge is 0.419 e. The van der Waals surface area contributed by atoms with Gasteiger partial charge in [-0.25, -0.2) is 9.59 Å². The molecule has 0 spiro atoms. The van der Waals surface area contributed by atoms with Crippen LogP contribution < -0.4 is 10.6 Å². The molecule has 2 aromatic carbocycles. The summed E-state index contributed by atoms with van der Waals surface area (Å²) in [5, 5.41) is 11.2. The lowest BCUT2D eigenvalue weighted by atomic mass is 9.98. The van der Waals surface area contributed by atoms with Gasteiger partial charge in [-0.1, -0.05) is 48.5 Å². The molecule has 35 heavy (non-hydrogen) atoms. The maximum atomic E-state index is 12.9. The minimum Gasteiger partial charge on any atom is -0.479 e. The normalized spacial score (nSPS) is 14.9. The average Bonchev–Trinajstić information content (AvgIpc) is 3.07. The summed E-state index contributed by atoms with van der Waals surface area (Å²) in [6.07, 6.45) is -14.1. The molecule has 13 heteroatoms. The molecular formula is C22H18F6N2O5. The number of rotatable bonds is 7. The predicted molar refractivity (Wildman–Crippen MR) is 108 cm³/mol. The van der Waals surface area contributed by atoms with E-state index < -0.39 is 54.7 Å². The first kappa shape index (κ1) is 25.8. The van der Waals surface area contributed by atoms with E-state index in [0.29, 0.717) is 0 Å². The molecule has 1 aliphatic rings. The van der Waals surface area contributed by atoms with E-state index in [1.807, 2.05) is 12.1 Å². The van der Waals surface area contributed by atoms with E-state index in [-0.39, 0.29) is 6.61 Å². The van der Waals surface area contributed by atoms with Crippen LogP contribution in [0.5, 0.6) is 0 Å². The zero-order valence-corrected chi connectivity index (χ0v) is 17.6. The molecular weight excluding hydrogens is 486 g/mol. The van der Waals surface area contributed by atoms with E-state index in [2.05, 4.69) is 0 Å². The van der Waals surface area contributed by atoms with Crippen LogP contribution in [0.25, 0.3) is 11.1 Å². The van der Waals surface area contributed by atoms with Gasteiger partial charge in [0.05, 0.1) is 6.42 Å². The van der Waals surface area contributed by atoms with Crippen LogP contribution >= 0.6 is 0 Å². The molecule has 2 aromatic rings. The lowest BCUT2D eigenvalue weighted by Crippen LogP contribution is -2.57. The van der Waals surface area contributed by atoms with Crippen LogP contribution in [0.2, 0.25) is 0 Å². The van der Waals surface area contributed by atoms with E-state index >= 15 is 0 Å².